The fraction of sp³-hybridized carbons (Fsp3) is 0.818. The van der Waals surface area contributed by atoms with Gasteiger partial charge in [0.15, 0.2) is 0 Å². The predicted octanol–water partition coefficient (Wildman–Crippen LogP) is 2.25. The predicted molar refractivity (Wildman–Crippen MR) is 67.5 cm³/mol. The Morgan fingerprint density at radius 2 is 2.19 bits per heavy atom. The van der Waals surface area contributed by atoms with Crippen molar-refractivity contribution in [1.29, 1.82) is 0 Å². The Hall–Kier alpha value is -0.550. The molecule has 16 heavy (non-hydrogen) atoms. The van der Waals surface area contributed by atoms with E-state index in [-0.39, 0.29) is 4.75 Å². The van der Waals surface area contributed by atoms with E-state index < -0.39 is 6.10 Å². The molecule has 92 valence electrons. The van der Waals surface area contributed by atoms with Gasteiger partial charge in [0.1, 0.15) is 6.10 Å². The minimum atomic E-state index is -0.481. The molecule has 1 heterocycles. The first-order valence-electron chi connectivity index (χ1n) is 5.64. The van der Waals surface area contributed by atoms with Crippen LogP contribution in [0.4, 0.5) is 0 Å². The first-order valence-corrected chi connectivity index (χ1v) is 6.63. The summed E-state index contributed by atoms with van der Waals surface area (Å²) in [6.07, 6.45) is 2.17. The van der Waals surface area contributed by atoms with Crippen LogP contribution in [-0.4, -0.2) is 30.6 Å². The Morgan fingerprint density at radius 3 is 2.75 bits per heavy atom. The number of aryl methyl sites for hydroxylation is 1. The Balaban J connectivity index is 2.58. The molecule has 0 saturated carbocycles. The molecule has 1 aromatic rings. The van der Waals surface area contributed by atoms with Crippen molar-refractivity contribution < 1.29 is 5.11 Å². The Kier molecular flexibility index (Phi) is 4.80. The van der Waals surface area contributed by atoms with Crippen molar-refractivity contribution >= 4 is 11.8 Å². The van der Waals surface area contributed by atoms with Crippen LogP contribution in [0.3, 0.4) is 0 Å². The molecule has 0 bridgehead atoms. The number of aromatic nitrogens is 3. The maximum Gasteiger partial charge on any atom is 0.106 e. The van der Waals surface area contributed by atoms with Gasteiger partial charge in [-0.3, -0.25) is 0 Å². The van der Waals surface area contributed by atoms with Crippen LogP contribution in [0.25, 0.3) is 0 Å². The summed E-state index contributed by atoms with van der Waals surface area (Å²) < 4.78 is 1.96. The summed E-state index contributed by atoms with van der Waals surface area (Å²) in [4.78, 5) is 0. The summed E-state index contributed by atoms with van der Waals surface area (Å²) in [5.41, 5.74) is 0.818. The third kappa shape index (κ3) is 4.14. The summed E-state index contributed by atoms with van der Waals surface area (Å²) in [6.45, 7) is 9.33. The average Bonchev–Trinajstić information content (AvgIpc) is 2.62. The smallest absolute Gasteiger partial charge is 0.106 e. The molecule has 0 amide bonds. The maximum atomic E-state index is 10.1. The highest BCUT2D eigenvalue weighted by molar-refractivity contribution is 8.00. The molecule has 0 saturated heterocycles. The second-order valence-electron chi connectivity index (χ2n) is 4.82. The van der Waals surface area contributed by atoms with Gasteiger partial charge in [-0.1, -0.05) is 32.9 Å². The zero-order valence-corrected chi connectivity index (χ0v) is 11.3. The molecule has 0 aliphatic rings. The second-order valence-corrected chi connectivity index (χ2v) is 6.67. The third-order valence-corrected chi connectivity index (χ3v) is 3.45. The second kappa shape index (κ2) is 5.68. The molecular formula is C11H21N3OS. The van der Waals surface area contributed by atoms with Crippen LogP contribution in [0.1, 0.15) is 45.9 Å². The van der Waals surface area contributed by atoms with E-state index in [0.29, 0.717) is 5.75 Å². The van der Waals surface area contributed by atoms with Crippen LogP contribution >= 0.6 is 11.8 Å². The zero-order valence-electron chi connectivity index (χ0n) is 10.5. The summed E-state index contributed by atoms with van der Waals surface area (Å²) >= 11 is 1.75. The lowest BCUT2D eigenvalue weighted by Crippen LogP contribution is -2.15. The van der Waals surface area contributed by atoms with E-state index >= 15 is 0 Å². The Morgan fingerprint density at radius 1 is 1.50 bits per heavy atom. The topological polar surface area (TPSA) is 50.9 Å². The van der Waals surface area contributed by atoms with E-state index in [9.17, 15) is 5.11 Å². The van der Waals surface area contributed by atoms with Crippen molar-refractivity contribution in [3.8, 4) is 0 Å². The van der Waals surface area contributed by atoms with E-state index in [0.717, 1.165) is 18.7 Å². The van der Waals surface area contributed by atoms with Gasteiger partial charge in [0, 0.05) is 17.0 Å². The van der Waals surface area contributed by atoms with Crippen LogP contribution < -0.4 is 0 Å². The van der Waals surface area contributed by atoms with Gasteiger partial charge in [0.25, 0.3) is 0 Å². The van der Waals surface area contributed by atoms with Crippen molar-refractivity contribution in [2.75, 3.05) is 5.75 Å². The van der Waals surface area contributed by atoms with E-state index in [1.54, 1.807) is 22.6 Å². The molecule has 0 aromatic carbocycles. The molecule has 5 heteroatoms. The number of hydrogen-bond donors (Lipinski definition) is 1. The molecule has 0 aliphatic carbocycles. The molecule has 0 radical (unpaired) electrons. The average molecular weight is 243 g/mol. The minimum Gasteiger partial charge on any atom is -0.386 e. The van der Waals surface area contributed by atoms with Gasteiger partial charge >= 0.3 is 0 Å². The lowest BCUT2D eigenvalue weighted by atomic mass is 10.3. The van der Waals surface area contributed by atoms with Crippen molar-refractivity contribution in [3.05, 3.63) is 11.9 Å². The van der Waals surface area contributed by atoms with E-state index in [1.807, 2.05) is 0 Å². The molecule has 0 aliphatic heterocycles. The molecular weight excluding hydrogens is 222 g/mol. The molecule has 0 fully saturated rings. The van der Waals surface area contributed by atoms with Crippen LogP contribution in [0.2, 0.25) is 0 Å². The standard InChI is InChI=1S/C11H21N3OS/c1-5-6-14-9(7-12-13-14)10(15)8-16-11(2,3)4/h7,10,15H,5-6,8H2,1-4H3. The molecule has 0 spiro atoms. The molecule has 4 nitrogen and oxygen atoms in total. The Labute approximate surface area is 101 Å². The van der Waals surface area contributed by atoms with Gasteiger partial charge in [-0.05, 0) is 6.42 Å². The SMILES string of the molecule is CCCn1nncc1C(O)CSC(C)(C)C. The van der Waals surface area contributed by atoms with Gasteiger partial charge in [-0.15, -0.1) is 5.10 Å². The normalized spacial score (nSPS) is 14.1. The molecule has 1 aromatic heterocycles. The van der Waals surface area contributed by atoms with Crippen molar-refractivity contribution in [2.24, 2.45) is 0 Å². The lowest BCUT2D eigenvalue weighted by Gasteiger charge is -2.20. The van der Waals surface area contributed by atoms with Gasteiger partial charge in [-0.2, -0.15) is 11.8 Å². The molecule has 1 rings (SSSR count). The number of nitrogens with zero attached hydrogens (tertiary/aromatic N) is 3. The highest BCUT2D eigenvalue weighted by Crippen LogP contribution is 2.27. The van der Waals surface area contributed by atoms with Gasteiger partial charge < -0.3 is 5.11 Å². The van der Waals surface area contributed by atoms with Crippen LogP contribution in [0.5, 0.6) is 0 Å². The molecule has 1 atom stereocenters. The fourth-order valence-corrected chi connectivity index (χ4v) is 2.15. The number of aliphatic hydroxyl groups excluding tert-OH is 1. The minimum absolute atomic E-state index is 0.171. The highest BCUT2D eigenvalue weighted by Gasteiger charge is 2.18. The largest absolute Gasteiger partial charge is 0.386 e. The van der Waals surface area contributed by atoms with Gasteiger partial charge in [0.05, 0.1) is 11.9 Å². The van der Waals surface area contributed by atoms with Gasteiger partial charge in [-0.25, -0.2) is 4.68 Å². The molecule has 1 N–H and O–H groups in total. The van der Waals surface area contributed by atoms with Crippen LogP contribution in [0.15, 0.2) is 6.20 Å². The van der Waals surface area contributed by atoms with E-state index in [4.69, 9.17) is 0 Å². The van der Waals surface area contributed by atoms with Crippen LogP contribution in [0, 0.1) is 0 Å². The lowest BCUT2D eigenvalue weighted by molar-refractivity contribution is 0.191. The van der Waals surface area contributed by atoms with E-state index in [2.05, 4.69) is 38.0 Å². The fourth-order valence-electron chi connectivity index (χ4n) is 1.32. The number of hydrogen-bond acceptors (Lipinski definition) is 4. The zero-order chi connectivity index (χ0) is 12.2. The monoisotopic (exact) mass is 243 g/mol. The highest BCUT2D eigenvalue weighted by atomic mass is 32.2. The number of aliphatic hydroxyl groups is 1. The van der Waals surface area contributed by atoms with Crippen LogP contribution in [-0.2, 0) is 6.54 Å². The van der Waals surface area contributed by atoms with Crippen molar-refractivity contribution in [1.82, 2.24) is 15.0 Å². The first kappa shape index (κ1) is 13.5. The quantitative estimate of drug-likeness (QED) is 0.862. The number of rotatable bonds is 5. The first-order chi connectivity index (χ1) is 7.44. The summed E-state index contributed by atoms with van der Waals surface area (Å²) in [5, 5.41) is 17.9. The summed E-state index contributed by atoms with van der Waals surface area (Å²) in [7, 11) is 0. The third-order valence-electron chi connectivity index (χ3n) is 2.10. The molecule has 1 unspecified atom stereocenters. The summed E-state index contributed by atoms with van der Waals surface area (Å²) in [5.74, 6) is 0.681. The Bertz CT molecular complexity index is 319. The summed E-state index contributed by atoms with van der Waals surface area (Å²) in [6, 6.07) is 0. The number of thioether (sulfide) groups is 1. The van der Waals surface area contributed by atoms with E-state index in [1.165, 1.54) is 0 Å². The van der Waals surface area contributed by atoms with Crippen molar-refractivity contribution in [3.63, 3.8) is 0 Å². The van der Waals surface area contributed by atoms with Gasteiger partial charge in [0.2, 0.25) is 0 Å². The van der Waals surface area contributed by atoms with Crippen molar-refractivity contribution in [2.45, 2.75) is 51.5 Å². The maximum absolute atomic E-state index is 10.1.